The zero-order valence-electron chi connectivity index (χ0n) is 12.5. The summed E-state index contributed by atoms with van der Waals surface area (Å²) in [6, 6.07) is 6.94. The van der Waals surface area contributed by atoms with Crippen LogP contribution in [0.15, 0.2) is 29.1 Å². The van der Waals surface area contributed by atoms with Crippen LogP contribution in [0.3, 0.4) is 0 Å². The molecule has 1 aromatic heterocycles. The van der Waals surface area contributed by atoms with E-state index < -0.39 is 0 Å². The highest BCUT2D eigenvalue weighted by Crippen LogP contribution is 2.12. The molecule has 1 aromatic carbocycles. The average molecular weight is 288 g/mol. The number of aromatic amines is 1. The predicted molar refractivity (Wildman–Crippen MR) is 82.1 cm³/mol. The number of carbonyl (C=O) groups is 1. The van der Waals surface area contributed by atoms with Gasteiger partial charge in [-0.25, -0.2) is 9.89 Å². The molecule has 0 aliphatic rings. The Hall–Kier alpha value is -2.37. The van der Waals surface area contributed by atoms with E-state index in [0.29, 0.717) is 17.6 Å². The number of benzene rings is 1. The van der Waals surface area contributed by atoms with Crippen molar-refractivity contribution < 1.29 is 4.79 Å². The van der Waals surface area contributed by atoms with Gasteiger partial charge in [0.15, 0.2) is 0 Å². The van der Waals surface area contributed by atoms with Crippen LogP contribution in [-0.2, 0) is 6.54 Å². The minimum atomic E-state index is -0.248. The van der Waals surface area contributed by atoms with E-state index in [1.807, 2.05) is 32.9 Å². The first-order valence-electron chi connectivity index (χ1n) is 6.85. The minimum Gasteiger partial charge on any atom is -0.338 e. The number of urea groups is 1. The van der Waals surface area contributed by atoms with E-state index >= 15 is 0 Å². The molecule has 0 saturated carbocycles. The number of carbonyl (C=O) groups excluding carboxylic acids is 1. The largest absolute Gasteiger partial charge is 0.338 e. The first-order chi connectivity index (χ1) is 9.87. The SMILES string of the molecule is CC(C)(C)CNC(=O)NCc1n[nH]c(=O)c2ccccc12. The van der Waals surface area contributed by atoms with Crippen LogP contribution in [0.2, 0.25) is 0 Å². The van der Waals surface area contributed by atoms with E-state index in [9.17, 15) is 9.59 Å². The standard InChI is InChI=1S/C15H20N4O2/c1-15(2,3)9-17-14(21)16-8-12-10-6-4-5-7-11(10)13(20)19-18-12/h4-7H,8-9H2,1-3H3,(H,19,20)(H2,16,17,21). The molecule has 6 nitrogen and oxygen atoms in total. The van der Waals surface area contributed by atoms with Crippen molar-refractivity contribution in [3.8, 4) is 0 Å². The molecule has 6 heteroatoms. The van der Waals surface area contributed by atoms with Gasteiger partial charge in [-0.3, -0.25) is 4.79 Å². The summed E-state index contributed by atoms with van der Waals surface area (Å²) in [4.78, 5) is 23.4. The Morgan fingerprint density at radius 3 is 2.52 bits per heavy atom. The van der Waals surface area contributed by atoms with Gasteiger partial charge >= 0.3 is 6.03 Å². The van der Waals surface area contributed by atoms with Crippen LogP contribution in [0.4, 0.5) is 4.79 Å². The average Bonchev–Trinajstić information content (AvgIpc) is 2.44. The van der Waals surface area contributed by atoms with Crippen molar-refractivity contribution >= 4 is 16.8 Å². The lowest BCUT2D eigenvalue weighted by Crippen LogP contribution is -2.39. The summed E-state index contributed by atoms with van der Waals surface area (Å²) in [5.74, 6) is 0. The molecule has 2 aromatic rings. The molecule has 0 bridgehead atoms. The molecule has 0 fully saturated rings. The Bertz CT molecular complexity index is 701. The van der Waals surface area contributed by atoms with Crippen molar-refractivity contribution in [2.45, 2.75) is 27.3 Å². The summed E-state index contributed by atoms with van der Waals surface area (Å²) >= 11 is 0. The number of hydrogen-bond acceptors (Lipinski definition) is 3. The Balaban J connectivity index is 2.06. The first-order valence-corrected chi connectivity index (χ1v) is 6.85. The normalized spacial score (nSPS) is 11.4. The van der Waals surface area contributed by atoms with Crippen LogP contribution in [0, 0.1) is 5.41 Å². The van der Waals surface area contributed by atoms with Crippen LogP contribution in [0.25, 0.3) is 10.8 Å². The topological polar surface area (TPSA) is 86.9 Å². The maximum Gasteiger partial charge on any atom is 0.315 e. The molecule has 112 valence electrons. The maximum atomic E-state index is 11.7. The Kier molecular flexibility index (Phi) is 4.26. The molecule has 3 N–H and O–H groups in total. The van der Waals surface area contributed by atoms with E-state index in [2.05, 4.69) is 20.8 Å². The second-order valence-corrected chi connectivity index (χ2v) is 6.14. The smallest absolute Gasteiger partial charge is 0.315 e. The fraction of sp³-hybridized carbons (Fsp3) is 0.400. The van der Waals surface area contributed by atoms with E-state index in [4.69, 9.17) is 0 Å². The number of fused-ring (bicyclic) bond motifs is 1. The van der Waals surface area contributed by atoms with Crippen LogP contribution >= 0.6 is 0 Å². The third-order valence-corrected chi connectivity index (χ3v) is 2.97. The summed E-state index contributed by atoms with van der Waals surface area (Å²) < 4.78 is 0. The van der Waals surface area contributed by atoms with Crippen molar-refractivity contribution in [3.63, 3.8) is 0 Å². The van der Waals surface area contributed by atoms with Gasteiger partial charge < -0.3 is 10.6 Å². The van der Waals surface area contributed by atoms with Gasteiger partial charge in [0.2, 0.25) is 0 Å². The number of amides is 2. The Morgan fingerprint density at radius 2 is 1.86 bits per heavy atom. The number of H-pyrrole nitrogens is 1. The second-order valence-electron chi connectivity index (χ2n) is 6.14. The fourth-order valence-electron chi connectivity index (χ4n) is 1.88. The van der Waals surface area contributed by atoms with Gasteiger partial charge in [0.05, 0.1) is 17.6 Å². The van der Waals surface area contributed by atoms with Gasteiger partial charge in [-0.05, 0) is 11.5 Å². The zero-order valence-corrected chi connectivity index (χ0v) is 12.5. The number of aromatic nitrogens is 2. The number of hydrogen-bond donors (Lipinski definition) is 3. The van der Waals surface area contributed by atoms with Crippen LogP contribution in [0.1, 0.15) is 26.5 Å². The molecule has 2 rings (SSSR count). The molecular weight excluding hydrogens is 268 g/mol. The molecule has 0 radical (unpaired) electrons. The van der Waals surface area contributed by atoms with Gasteiger partial charge in [-0.15, -0.1) is 0 Å². The van der Waals surface area contributed by atoms with E-state index in [1.165, 1.54) is 0 Å². The van der Waals surface area contributed by atoms with Crippen molar-refractivity contribution in [2.24, 2.45) is 5.41 Å². The molecule has 0 atom stereocenters. The number of nitrogens with zero attached hydrogens (tertiary/aromatic N) is 1. The molecule has 0 saturated heterocycles. The highest BCUT2D eigenvalue weighted by molar-refractivity contribution is 5.83. The zero-order chi connectivity index (χ0) is 15.5. The molecule has 2 amide bonds. The maximum absolute atomic E-state index is 11.7. The lowest BCUT2D eigenvalue weighted by molar-refractivity contribution is 0.235. The fourth-order valence-corrected chi connectivity index (χ4v) is 1.88. The van der Waals surface area contributed by atoms with E-state index in [-0.39, 0.29) is 23.6 Å². The monoisotopic (exact) mass is 288 g/mol. The van der Waals surface area contributed by atoms with Crippen molar-refractivity contribution in [1.82, 2.24) is 20.8 Å². The summed E-state index contributed by atoms with van der Waals surface area (Å²) in [5, 5.41) is 13.3. The lowest BCUT2D eigenvalue weighted by Gasteiger charge is -2.18. The lowest BCUT2D eigenvalue weighted by atomic mass is 9.97. The van der Waals surface area contributed by atoms with Gasteiger partial charge in [0, 0.05) is 11.9 Å². The van der Waals surface area contributed by atoms with Crippen LogP contribution in [0.5, 0.6) is 0 Å². The molecular formula is C15H20N4O2. The summed E-state index contributed by atoms with van der Waals surface area (Å²) in [5.41, 5.74) is 0.433. The quantitative estimate of drug-likeness (QED) is 0.804. The molecule has 1 heterocycles. The van der Waals surface area contributed by atoms with Gasteiger partial charge in [0.25, 0.3) is 5.56 Å². The molecule has 0 spiro atoms. The van der Waals surface area contributed by atoms with E-state index in [1.54, 1.807) is 12.1 Å². The highest BCUT2D eigenvalue weighted by Gasteiger charge is 2.12. The molecule has 0 aliphatic heterocycles. The highest BCUT2D eigenvalue weighted by atomic mass is 16.2. The Labute approximate surface area is 122 Å². The summed E-state index contributed by atoms with van der Waals surface area (Å²) in [6.45, 7) is 6.98. The van der Waals surface area contributed by atoms with Crippen LogP contribution < -0.4 is 16.2 Å². The molecule has 0 unspecified atom stereocenters. The van der Waals surface area contributed by atoms with Gasteiger partial charge in [-0.1, -0.05) is 39.0 Å². The minimum absolute atomic E-state index is 0.0280. The first kappa shape index (κ1) is 15.0. The third-order valence-electron chi connectivity index (χ3n) is 2.97. The van der Waals surface area contributed by atoms with E-state index in [0.717, 1.165) is 5.39 Å². The number of nitrogens with one attached hydrogen (secondary N) is 3. The van der Waals surface area contributed by atoms with Crippen molar-refractivity contribution in [2.75, 3.05) is 6.54 Å². The third kappa shape index (κ3) is 4.05. The molecule has 0 aliphatic carbocycles. The van der Waals surface area contributed by atoms with Crippen LogP contribution in [-0.4, -0.2) is 22.8 Å². The van der Waals surface area contributed by atoms with Crippen molar-refractivity contribution in [1.29, 1.82) is 0 Å². The van der Waals surface area contributed by atoms with Gasteiger partial charge in [-0.2, -0.15) is 5.10 Å². The summed E-state index contributed by atoms with van der Waals surface area (Å²) in [7, 11) is 0. The molecule has 21 heavy (non-hydrogen) atoms. The second kappa shape index (κ2) is 5.95. The number of rotatable bonds is 3. The van der Waals surface area contributed by atoms with Gasteiger partial charge in [0.1, 0.15) is 0 Å². The Morgan fingerprint density at radius 1 is 1.19 bits per heavy atom. The van der Waals surface area contributed by atoms with Crippen molar-refractivity contribution in [3.05, 3.63) is 40.3 Å². The summed E-state index contributed by atoms with van der Waals surface area (Å²) in [6.07, 6.45) is 0. The predicted octanol–water partition coefficient (Wildman–Crippen LogP) is 1.77.